The largest absolute Gasteiger partial charge is 0.488 e. The smallest absolute Gasteiger partial charge is 0.162 e. The quantitative estimate of drug-likeness (QED) is 0.925. The summed E-state index contributed by atoms with van der Waals surface area (Å²) in [4.78, 5) is 0. The number of piperidine rings is 1. The molecule has 0 aliphatic carbocycles. The van der Waals surface area contributed by atoms with Gasteiger partial charge in [0.2, 0.25) is 0 Å². The van der Waals surface area contributed by atoms with Crippen molar-refractivity contribution in [3.05, 3.63) is 29.3 Å². The molecule has 0 aromatic heterocycles. The lowest BCUT2D eigenvalue weighted by Gasteiger charge is -2.26. The third-order valence-corrected chi connectivity index (χ3v) is 4.01. The third kappa shape index (κ3) is 2.94. The predicted octanol–water partition coefficient (Wildman–Crippen LogP) is 2.60. The van der Waals surface area contributed by atoms with E-state index in [2.05, 4.69) is 5.32 Å². The van der Waals surface area contributed by atoms with E-state index in [0.717, 1.165) is 37.9 Å². The summed E-state index contributed by atoms with van der Waals surface area (Å²) in [6.07, 6.45) is 2.58. The minimum atomic E-state index is -0.850. The fourth-order valence-electron chi connectivity index (χ4n) is 2.88. The number of benzene rings is 1. The van der Waals surface area contributed by atoms with Crippen LogP contribution in [0.2, 0.25) is 0 Å². The van der Waals surface area contributed by atoms with Crippen molar-refractivity contribution >= 4 is 0 Å². The van der Waals surface area contributed by atoms with Crippen molar-refractivity contribution in [3.8, 4) is 5.75 Å². The molecule has 1 aromatic rings. The summed E-state index contributed by atoms with van der Waals surface area (Å²) < 4.78 is 38.2. The van der Waals surface area contributed by atoms with E-state index < -0.39 is 11.6 Å². The Morgan fingerprint density at radius 3 is 2.55 bits per heavy atom. The number of halogens is 2. The van der Waals surface area contributed by atoms with Gasteiger partial charge in [-0.1, -0.05) is 0 Å². The summed E-state index contributed by atoms with van der Waals surface area (Å²) >= 11 is 0. The van der Waals surface area contributed by atoms with Gasteiger partial charge >= 0.3 is 0 Å². The van der Waals surface area contributed by atoms with Crippen molar-refractivity contribution < 1.29 is 18.3 Å². The van der Waals surface area contributed by atoms with Crippen LogP contribution in [0, 0.1) is 11.6 Å². The van der Waals surface area contributed by atoms with Crippen LogP contribution in [0.15, 0.2) is 12.1 Å². The van der Waals surface area contributed by atoms with Crippen LogP contribution in [0.3, 0.4) is 0 Å². The van der Waals surface area contributed by atoms with Crippen molar-refractivity contribution in [3.63, 3.8) is 0 Å². The second-order valence-corrected chi connectivity index (χ2v) is 5.43. The van der Waals surface area contributed by atoms with Gasteiger partial charge in [-0.2, -0.15) is 0 Å². The van der Waals surface area contributed by atoms with Crippen molar-refractivity contribution in [1.82, 2.24) is 5.32 Å². The first-order valence-corrected chi connectivity index (χ1v) is 7.18. The molecule has 3 nitrogen and oxygen atoms in total. The molecule has 0 radical (unpaired) electrons. The molecule has 2 heterocycles. The van der Waals surface area contributed by atoms with Gasteiger partial charge in [-0.25, -0.2) is 8.78 Å². The number of nitrogens with one attached hydrogen (secondary N) is 1. The Hall–Kier alpha value is -1.20. The molecule has 0 spiro atoms. The lowest BCUT2D eigenvalue weighted by Crippen LogP contribution is -2.27. The van der Waals surface area contributed by atoms with Gasteiger partial charge in [0.05, 0.1) is 13.2 Å². The summed E-state index contributed by atoms with van der Waals surface area (Å²) in [5, 5.41) is 3.27. The minimum absolute atomic E-state index is 0.0553. The van der Waals surface area contributed by atoms with Crippen LogP contribution in [-0.4, -0.2) is 32.4 Å². The van der Waals surface area contributed by atoms with Crippen molar-refractivity contribution in [2.45, 2.75) is 31.3 Å². The van der Waals surface area contributed by atoms with Crippen LogP contribution in [-0.2, 0) is 4.74 Å². The van der Waals surface area contributed by atoms with Gasteiger partial charge in [-0.3, -0.25) is 0 Å². The van der Waals surface area contributed by atoms with Gasteiger partial charge in [-0.05, 0) is 37.9 Å². The van der Waals surface area contributed by atoms with Gasteiger partial charge in [0.25, 0.3) is 0 Å². The lowest BCUT2D eigenvalue weighted by molar-refractivity contribution is 0.139. The van der Waals surface area contributed by atoms with E-state index in [1.807, 2.05) is 0 Å². The third-order valence-electron chi connectivity index (χ3n) is 4.01. The van der Waals surface area contributed by atoms with Gasteiger partial charge in [0.1, 0.15) is 11.9 Å². The Labute approximate surface area is 117 Å². The standard InChI is InChI=1S/C15H19F2NO2/c16-13-7-12(10-1-4-18-5-2-10)15(8-14(13)17)20-11-3-6-19-9-11/h7-8,10-11,18H,1-6,9H2. The zero-order valence-corrected chi connectivity index (χ0v) is 11.3. The van der Waals surface area contributed by atoms with E-state index in [1.165, 1.54) is 12.1 Å². The molecule has 1 unspecified atom stereocenters. The highest BCUT2D eigenvalue weighted by molar-refractivity contribution is 5.38. The zero-order chi connectivity index (χ0) is 13.9. The van der Waals surface area contributed by atoms with Gasteiger partial charge in [-0.15, -0.1) is 0 Å². The van der Waals surface area contributed by atoms with E-state index in [-0.39, 0.29) is 12.0 Å². The highest BCUT2D eigenvalue weighted by Gasteiger charge is 2.24. The Morgan fingerprint density at radius 1 is 1.10 bits per heavy atom. The maximum Gasteiger partial charge on any atom is 0.162 e. The Morgan fingerprint density at radius 2 is 1.85 bits per heavy atom. The van der Waals surface area contributed by atoms with Gasteiger partial charge < -0.3 is 14.8 Å². The molecular weight excluding hydrogens is 264 g/mol. The molecule has 2 fully saturated rings. The van der Waals surface area contributed by atoms with Crippen LogP contribution in [0.25, 0.3) is 0 Å². The second kappa shape index (κ2) is 6.06. The average Bonchev–Trinajstić information content (AvgIpc) is 2.96. The van der Waals surface area contributed by atoms with E-state index in [1.54, 1.807) is 0 Å². The fourth-order valence-corrected chi connectivity index (χ4v) is 2.88. The van der Waals surface area contributed by atoms with Crippen molar-refractivity contribution in [2.75, 3.05) is 26.3 Å². The highest BCUT2D eigenvalue weighted by Crippen LogP contribution is 2.35. The lowest BCUT2D eigenvalue weighted by atomic mass is 9.89. The predicted molar refractivity (Wildman–Crippen MR) is 71.1 cm³/mol. The SMILES string of the molecule is Fc1cc(OC2CCOC2)c(C2CCNCC2)cc1F. The molecule has 1 aromatic carbocycles. The molecule has 0 saturated carbocycles. The van der Waals surface area contributed by atoms with Crippen LogP contribution >= 0.6 is 0 Å². The van der Waals surface area contributed by atoms with E-state index in [9.17, 15) is 8.78 Å². The summed E-state index contributed by atoms with van der Waals surface area (Å²) in [6, 6.07) is 2.49. The van der Waals surface area contributed by atoms with Crippen LogP contribution < -0.4 is 10.1 Å². The zero-order valence-electron chi connectivity index (χ0n) is 11.3. The second-order valence-electron chi connectivity index (χ2n) is 5.43. The van der Waals surface area contributed by atoms with Crippen LogP contribution in [0.4, 0.5) is 8.78 Å². The van der Waals surface area contributed by atoms with Crippen LogP contribution in [0.1, 0.15) is 30.7 Å². The maximum atomic E-state index is 13.6. The Bertz CT molecular complexity index is 469. The van der Waals surface area contributed by atoms with Crippen LogP contribution in [0.5, 0.6) is 5.75 Å². The number of ether oxygens (including phenoxy) is 2. The molecule has 0 bridgehead atoms. The van der Waals surface area contributed by atoms with E-state index >= 15 is 0 Å². The molecule has 110 valence electrons. The summed E-state index contributed by atoms with van der Waals surface area (Å²) in [5.41, 5.74) is 0.789. The molecule has 1 atom stereocenters. The Kier molecular flexibility index (Phi) is 4.17. The Balaban J connectivity index is 1.86. The first-order chi connectivity index (χ1) is 9.74. The molecule has 2 aliphatic rings. The van der Waals surface area contributed by atoms with E-state index in [0.29, 0.717) is 19.0 Å². The molecular formula is C15H19F2NO2. The minimum Gasteiger partial charge on any atom is -0.488 e. The molecule has 5 heteroatoms. The normalized spacial score (nSPS) is 24.0. The maximum absolute atomic E-state index is 13.6. The molecule has 20 heavy (non-hydrogen) atoms. The molecule has 0 amide bonds. The first-order valence-electron chi connectivity index (χ1n) is 7.18. The van der Waals surface area contributed by atoms with Gasteiger partial charge in [0.15, 0.2) is 11.6 Å². The van der Waals surface area contributed by atoms with E-state index in [4.69, 9.17) is 9.47 Å². The number of rotatable bonds is 3. The summed E-state index contributed by atoms with van der Waals surface area (Å²) in [7, 11) is 0. The fraction of sp³-hybridized carbons (Fsp3) is 0.600. The topological polar surface area (TPSA) is 30.5 Å². The van der Waals surface area contributed by atoms with Gasteiger partial charge in [0, 0.05) is 18.1 Å². The average molecular weight is 283 g/mol. The van der Waals surface area contributed by atoms with Crippen molar-refractivity contribution in [2.24, 2.45) is 0 Å². The number of hydrogen-bond acceptors (Lipinski definition) is 3. The number of hydrogen-bond donors (Lipinski definition) is 1. The summed E-state index contributed by atoms with van der Waals surface area (Å²) in [5.74, 6) is -0.944. The molecule has 1 N–H and O–H groups in total. The first kappa shape index (κ1) is 13.8. The molecule has 3 rings (SSSR count). The molecule has 2 aliphatic heterocycles. The molecule has 2 saturated heterocycles. The monoisotopic (exact) mass is 283 g/mol. The highest BCUT2D eigenvalue weighted by atomic mass is 19.2. The summed E-state index contributed by atoms with van der Waals surface area (Å²) in [6.45, 7) is 2.98. The van der Waals surface area contributed by atoms with Crippen molar-refractivity contribution in [1.29, 1.82) is 0 Å².